The van der Waals surface area contributed by atoms with Crippen molar-refractivity contribution in [3.8, 4) is 0 Å². The minimum absolute atomic E-state index is 0.332. The molecular weight excluding hydrogens is 188 g/mol. The van der Waals surface area contributed by atoms with Gasteiger partial charge in [-0.2, -0.15) is 0 Å². The fourth-order valence-corrected chi connectivity index (χ4v) is 1.94. The molecule has 1 aliphatic heterocycles. The van der Waals surface area contributed by atoms with E-state index in [1.807, 2.05) is 7.05 Å². The topological polar surface area (TPSA) is 42.7 Å². The number of nitrogens with zero attached hydrogens (tertiary/aromatic N) is 3. The van der Waals surface area contributed by atoms with E-state index in [1.165, 1.54) is 12.8 Å². The predicted molar refractivity (Wildman–Crippen MR) is 50.6 cm³/mol. The number of hydrogen-bond donors (Lipinski definition) is 1. The van der Waals surface area contributed by atoms with Gasteiger partial charge in [0.05, 0.1) is 6.04 Å². The fraction of sp³-hybridized carbons (Fsp3) is 0.750. The van der Waals surface area contributed by atoms with Crippen molar-refractivity contribution in [2.24, 2.45) is 7.05 Å². The Kier molecular flexibility index (Phi) is 2.51. The van der Waals surface area contributed by atoms with Crippen LogP contribution in [0.4, 0.5) is 0 Å². The van der Waals surface area contributed by atoms with E-state index in [1.54, 1.807) is 4.68 Å². The van der Waals surface area contributed by atoms with E-state index >= 15 is 0 Å². The maximum Gasteiger partial charge on any atom is 0.242 e. The van der Waals surface area contributed by atoms with Gasteiger partial charge in [0, 0.05) is 7.05 Å². The number of nitrogens with one attached hydrogen (secondary N) is 1. The number of aryl methyl sites for hydroxylation is 1. The molecule has 1 atom stereocenters. The van der Waals surface area contributed by atoms with Crippen LogP contribution in [0, 0.1) is 0 Å². The summed E-state index contributed by atoms with van der Waals surface area (Å²) in [6, 6.07) is 0.332. The van der Waals surface area contributed by atoms with Crippen molar-refractivity contribution >= 4 is 11.6 Å². The SMILES string of the molecule is Cn1nc(Cl)nc1C1CCCCN1. The molecule has 1 N–H and O–H groups in total. The predicted octanol–water partition coefficient (Wildman–Crippen LogP) is 1.28. The van der Waals surface area contributed by atoms with Gasteiger partial charge in [0.15, 0.2) is 0 Å². The summed E-state index contributed by atoms with van der Waals surface area (Å²) in [7, 11) is 1.88. The average molecular weight is 201 g/mol. The minimum Gasteiger partial charge on any atom is -0.307 e. The van der Waals surface area contributed by atoms with Crippen LogP contribution in [0.2, 0.25) is 5.28 Å². The molecule has 0 bridgehead atoms. The molecule has 1 aliphatic rings. The minimum atomic E-state index is 0.332. The zero-order valence-electron chi connectivity index (χ0n) is 7.63. The summed E-state index contributed by atoms with van der Waals surface area (Å²) >= 11 is 5.71. The molecule has 0 aliphatic carbocycles. The Labute approximate surface area is 82.3 Å². The summed E-state index contributed by atoms with van der Waals surface area (Å²) in [6.45, 7) is 1.06. The van der Waals surface area contributed by atoms with Gasteiger partial charge in [-0.1, -0.05) is 6.42 Å². The van der Waals surface area contributed by atoms with Crippen LogP contribution in [-0.2, 0) is 7.05 Å². The van der Waals surface area contributed by atoms with E-state index in [0.29, 0.717) is 11.3 Å². The molecule has 0 radical (unpaired) electrons. The van der Waals surface area contributed by atoms with Crippen LogP contribution in [0.15, 0.2) is 0 Å². The van der Waals surface area contributed by atoms with Crippen LogP contribution in [0.1, 0.15) is 31.1 Å². The molecular formula is C8H13ClN4. The highest BCUT2D eigenvalue weighted by Gasteiger charge is 2.19. The third-order valence-electron chi connectivity index (χ3n) is 2.39. The Morgan fingerprint density at radius 2 is 2.38 bits per heavy atom. The molecule has 1 aromatic rings. The van der Waals surface area contributed by atoms with Gasteiger partial charge in [-0.15, -0.1) is 5.10 Å². The molecule has 2 rings (SSSR count). The number of halogens is 1. The largest absolute Gasteiger partial charge is 0.307 e. The van der Waals surface area contributed by atoms with Gasteiger partial charge in [0.25, 0.3) is 0 Å². The molecule has 4 nitrogen and oxygen atoms in total. The first-order valence-electron chi connectivity index (χ1n) is 4.57. The standard InChI is InChI=1S/C8H13ClN4/c1-13-7(11-8(9)12-13)6-4-2-3-5-10-6/h6,10H,2-5H2,1H3. The van der Waals surface area contributed by atoms with E-state index in [4.69, 9.17) is 11.6 Å². The zero-order valence-corrected chi connectivity index (χ0v) is 8.38. The van der Waals surface area contributed by atoms with Gasteiger partial charge in [-0.25, -0.2) is 4.98 Å². The highest BCUT2D eigenvalue weighted by Crippen LogP contribution is 2.21. The molecule has 0 spiro atoms. The molecule has 13 heavy (non-hydrogen) atoms. The van der Waals surface area contributed by atoms with Gasteiger partial charge in [0.1, 0.15) is 5.82 Å². The summed E-state index contributed by atoms with van der Waals surface area (Å²) in [4.78, 5) is 4.19. The lowest BCUT2D eigenvalue weighted by Gasteiger charge is -2.22. The van der Waals surface area contributed by atoms with Gasteiger partial charge in [-0.3, -0.25) is 4.68 Å². The van der Waals surface area contributed by atoms with Gasteiger partial charge >= 0.3 is 0 Å². The molecule has 0 saturated carbocycles. The molecule has 2 heterocycles. The third-order valence-corrected chi connectivity index (χ3v) is 2.55. The molecule has 1 fully saturated rings. The summed E-state index contributed by atoms with van der Waals surface area (Å²) in [5, 5.41) is 7.76. The van der Waals surface area contributed by atoms with Crippen molar-refractivity contribution in [2.45, 2.75) is 25.3 Å². The van der Waals surface area contributed by atoms with E-state index in [0.717, 1.165) is 18.8 Å². The quantitative estimate of drug-likeness (QED) is 0.743. The highest BCUT2D eigenvalue weighted by atomic mass is 35.5. The second kappa shape index (κ2) is 3.64. The van der Waals surface area contributed by atoms with E-state index in [-0.39, 0.29) is 0 Å². The molecule has 0 amide bonds. The third kappa shape index (κ3) is 1.84. The Balaban J connectivity index is 2.18. The van der Waals surface area contributed by atoms with Crippen LogP contribution in [0.25, 0.3) is 0 Å². The first-order chi connectivity index (χ1) is 6.27. The van der Waals surface area contributed by atoms with Gasteiger partial charge in [0.2, 0.25) is 5.28 Å². The normalized spacial score (nSPS) is 23.4. The Morgan fingerprint density at radius 1 is 1.54 bits per heavy atom. The first-order valence-corrected chi connectivity index (χ1v) is 4.95. The van der Waals surface area contributed by atoms with Crippen LogP contribution in [0.5, 0.6) is 0 Å². The van der Waals surface area contributed by atoms with Crippen LogP contribution < -0.4 is 5.32 Å². The molecule has 0 aromatic carbocycles. The van der Waals surface area contributed by atoms with Gasteiger partial charge < -0.3 is 5.32 Å². The number of aromatic nitrogens is 3. The first kappa shape index (κ1) is 8.97. The van der Waals surface area contributed by atoms with Gasteiger partial charge in [-0.05, 0) is 31.0 Å². The molecule has 1 unspecified atom stereocenters. The summed E-state index contributed by atoms with van der Waals surface area (Å²) in [5.74, 6) is 0.949. The van der Waals surface area contributed by atoms with Crippen LogP contribution in [0.3, 0.4) is 0 Å². The molecule has 5 heteroatoms. The second-order valence-electron chi connectivity index (χ2n) is 3.37. The Hall–Kier alpha value is -0.610. The number of hydrogen-bond acceptors (Lipinski definition) is 3. The molecule has 72 valence electrons. The Bertz CT molecular complexity index is 290. The zero-order chi connectivity index (χ0) is 9.26. The van der Waals surface area contributed by atoms with Crippen LogP contribution in [-0.4, -0.2) is 21.3 Å². The van der Waals surface area contributed by atoms with Crippen LogP contribution >= 0.6 is 11.6 Å². The number of rotatable bonds is 1. The summed E-state index contributed by atoms with van der Waals surface area (Å²) in [5.41, 5.74) is 0. The van der Waals surface area contributed by atoms with Crippen molar-refractivity contribution in [1.82, 2.24) is 20.1 Å². The summed E-state index contributed by atoms with van der Waals surface area (Å²) < 4.78 is 1.76. The van der Waals surface area contributed by atoms with E-state index in [9.17, 15) is 0 Å². The maximum absolute atomic E-state index is 5.71. The lowest BCUT2D eigenvalue weighted by Crippen LogP contribution is -2.29. The second-order valence-corrected chi connectivity index (χ2v) is 3.70. The van der Waals surface area contributed by atoms with Crippen molar-refractivity contribution < 1.29 is 0 Å². The highest BCUT2D eigenvalue weighted by molar-refractivity contribution is 6.28. The average Bonchev–Trinajstić information content (AvgIpc) is 2.47. The molecule has 1 saturated heterocycles. The number of piperidine rings is 1. The summed E-state index contributed by atoms with van der Waals surface area (Å²) in [6.07, 6.45) is 3.63. The lowest BCUT2D eigenvalue weighted by atomic mass is 10.0. The monoisotopic (exact) mass is 200 g/mol. The molecule has 1 aromatic heterocycles. The fourth-order valence-electron chi connectivity index (χ4n) is 1.74. The van der Waals surface area contributed by atoms with E-state index < -0.39 is 0 Å². The van der Waals surface area contributed by atoms with E-state index in [2.05, 4.69) is 15.4 Å². The van der Waals surface area contributed by atoms with Crippen molar-refractivity contribution in [3.05, 3.63) is 11.1 Å². The maximum atomic E-state index is 5.71. The Morgan fingerprint density at radius 3 is 2.92 bits per heavy atom. The van der Waals surface area contributed by atoms with Crippen molar-refractivity contribution in [3.63, 3.8) is 0 Å². The smallest absolute Gasteiger partial charge is 0.242 e. The van der Waals surface area contributed by atoms with Crippen molar-refractivity contribution in [2.75, 3.05) is 6.54 Å². The lowest BCUT2D eigenvalue weighted by molar-refractivity contribution is 0.386. The van der Waals surface area contributed by atoms with Crippen molar-refractivity contribution in [1.29, 1.82) is 0 Å².